The summed E-state index contributed by atoms with van der Waals surface area (Å²) in [5.41, 5.74) is 4.19. The molecule has 188 valence electrons. The third-order valence-corrected chi connectivity index (χ3v) is 11.2. The Hall–Kier alpha value is -2.30. The highest BCUT2D eigenvalue weighted by molar-refractivity contribution is 7.91. The van der Waals surface area contributed by atoms with E-state index in [1.165, 1.54) is 27.3 Å². The fraction of sp³-hybridized carbons (Fsp3) is 0.308. The average Bonchev–Trinajstić information content (AvgIpc) is 3.49. The highest BCUT2D eigenvalue weighted by atomic mass is 35.5. The van der Waals surface area contributed by atoms with E-state index >= 15 is 0 Å². The van der Waals surface area contributed by atoms with Gasteiger partial charge in [0, 0.05) is 13.1 Å². The molecule has 6 nitrogen and oxygen atoms in total. The lowest BCUT2D eigenvalue weighted by Crippen LogP contribution is -2.46. The second-order valence-corrected chi connectivity index (χ2v) is 14.0. The molecule has 5 rings (SSSR count). The number of piperidine rings is 1. The van der Waals surface area contributed by atoms with E-state index in [1.54, 1.807) is 11.0 Å². The third kappa shape index (κ3) is 5.08. The number of carbonyl (C=O) groups excluding carboxylic acids is 1. The number of fused-ring (bicyclic) bond motifs is 1. The van der Waals surface area contributed by atoms with E-state index in [-0.39, 0.29) is 16.7 Å². The van der Waals surface area contributed by atoms with Crippen LogP contribution in [0.15, 0.2) is 58.8 Å². The minimum atomic E-state index is -3.70. The zero-order valence-electron chi connectivity index (χ0n) is 20.0. The van der Waals surface area contributed by atoms with Gasteiger partial charge in [-0.3, -0.25) is 9.69 Å². The Balaban J connectivity index is 1.46. The standard InChI is InChI=1S/C26H26ClN3O3S3/c1-17-13-21-22(14-18(17)2)34-26(28-21)30(15-19-7-4-3-5-8-19)25(31)20-9-6-12-29(16-20)36(32,33)24-11-10-23(27)35-24/h3-5,7-8,10-11,13-14,20H,6,9,12,15-16H2,1-2H3. The van der Waals surface area contributed by atoms with E-state index in [9.17, 15) is 13.2 Å². The molecule has 0 N–H and O–H groups in total. The highest BCUT2D eigenvalue weighted by Gasteiger charge is 2.36. The molecule has 0 saturated carbocycles. The smallest absolute Gasteiger partial charge is 0.252 e. The lowest BCUT2D eigenvalue weighted by atomic mass is 9.98. The van der Waals surface area contributed by atoms with Crippen molar-refractivity contribution in [1.29, 1.82) is 0 Å². The molecule has 0 bridgehead atoms. The third-order valence-electron chi connectivity index (χ3n) is 6.55. The first-order chi connectivity index (χ1) is 17.2. The number of carbonyl (C=O) groups is 1. The average molecular weight is 560 g/mol. The largest absolute Gasteiger partial charge is 0.283 e. The number of aromatic nitrogens is 1. The normalized spacial score (nSPS) is 16.9. The Morgan fingerprint density at radius 3 is 2.58 bits per heavy atom. The molecule has 3 heterocycles. The van der Waals surface area contributed by atoms with Crippen LogP contribution in [0.5, 0.6) is 0 Å². The molecule has 2 aromatic carbocycles. The Morgan fingerprint density at radius 2 is 1.86 bits per heavy atom. The van der Waals surface area contributed by atoms with Crippen LogP contribution in [0.2, 0.25) is 4.34 Å². The topological polar surface area (TPSA) is 70.6 Å². The van der Waals surface area contributed by atoms with Crippen molar-refractivity contribution in [3.63, 3.8) is 0 Å². The van der Waals surface area contributed by atoms with Gasteiger partial charge in [0.25, 0.3) is 10.0 Å². The van der Waals surface area contributed by atoms with E-state index < -0.39 is 15.9 Å². The molecule has 1 fully saturated rings. The molecule has 1 unspecified atom stereocenters. The van der Waals surface area contributed by atoms with E-state index in [0.29, 0.717) is 35.4 Å². The highest BCUT2D eigenvalue weighted by Crippen LogP contribution is 2.35. The number of thiophene rings is 1. The van der Waals surface area contributed by atoms with Crippen molar-refractivity contribution in [3.8, 4) is 0 Å². The number of rotatable bonds is 6. The maximum atomic E-state index is 14.0. The van der Waals surface area contributed by atoms with Crippen LogP contribution in [0.25, 0.3) is 10.2 Å². The predicted molar refractivity (Wildman–Crippen MR) is 148 cm³/mol. The van der Waals surface area contributed by atoms with Gasteiger partial charge >= 0.3 is 0 Å². The number of aryl methyl sites for hydroxylation is 2. The molecule has 10 heteroatoms. The van der Waals surface area contributed by atoms with Gasteiger partial charge in [-0.25, -0.2) is 13.4 Å². The number of sulfonamides is 1. The van der Waals surface area contributed by atoms with Crippen LogP contribution >= 0.6 is 34.3 Å². The first-order valence-electron chi connectivity index (χ1n) is 11.7. The van der Waals surface area contributed by atoms with Crippen molar-refractivity contribution < 1.29 is 13.2 Å². The Kier molecular flexibility index (Phi) is 7.20. The summed E-state index contributed by atoms with van der Waals surface area (Å²) in [6.07, 6.45) is 1.25. The van der Waals surface area contributed by atoms with E-state index in [2.05, 4.69) is 26.0 Å². The zero-order valence-corrected chi connectivity index (χ0v) is 23.2. The SMILES string of the molecule is Cc1cc2nc(N(Cc3ccccc3)C(=O)C3CCCN(S(=O)(=O)c4ccc(Cl)s4)C3)sc2cc1C. The maximum Gasteiger partial charge on any atom is 0.252 e. The van der Waals surface area contributed by atoms with Crippen LogP contribution in [0.1, 0.15) is 29.5 Å². The molecule has 1 saturated heterocycles. The summed E-state index contributed by atoms with van der Waals surface area (Å²) in [6, 6.07) is 17.1. The van der Waals surface area contributed by atoms with Crippen molar-refractivity contribution in [2.24, 2.45) is 5.92 Å². The molecule has 1 amide bonds. The quantitative estimate of drug-likeness (QED) is 0.279. The monoisotopic (exact) mass is 559 g/mol. The molecule has 2 aromatic heterocycles. The van der Waals surface area contributed by atoms with Crippen molar-refractivity contribution in [3.05, 3.63) is 75.6 Å². The molecule has 0 radical (unpaired) electrons. The second-order valence-electron chi connectivity index (χ2n) is 9.07. The minimum absolute atomic E-state index is 0.101. The first kappa shape index (κ1) is 25.4. The summed E-state index contributed by atoms with van der Waals surface area (Å²) >= 11 is 8.53. The number of benzene rings is 2. The number of amides is 1. The van der Waals surface area contributed by atoms with Gasteiger partial charge in [-0.05, 0) is 67.6 Å². The molecular formula is C26H26ClN3O3S3. The van der Waals surface area contributed by atoms with Gasteiger partial charge in [0.15, 0.2) is 5.13 Å². The summed E-state index contributed by atoms with van der Waals surface area (Å²) in [5, 5.41) is 0.633. The molecule has 36 heavy (non-hydrogen) atoms. The summed E-state index contributed by atoms with van der Waals surface area (Å²) in [5.74, 6) is -0.557. The number of hydrogen-bond donors (Lipinski definition) is 0. The summed E-state index contributed by atoms with van der Waals surface area (Å²) in [4.78, 5) is 20.5. The summed E-state index contributed by atoms with van der Waals surface area (Å²) in [6.45, 7) is 5.03. The lowest BCUT2D eigenvalue weighted by Gasteiger charge is -2.33. The van der Waals surface area contributed by atoms with Crippen LogP contribution in [0.4, 0.5) is 5.13 Å². The number of hydrogen-bond acceptors (Lipinski definition) is 6. The summed E-state index contributed by atoms with van der Waals surface area (Å²) in [7, 11) is -3.70. The van der Waals surface area contributed by atoms with Crippen LogP contribution in [-0.4, -0.2) is 36.7 Å². The van der Waals surface area contributed by atoms with E-state index in [0.717, 1.165) is 32.7 Å². The predicted octanol–water partition coefficient (Wildman–Crippen LogP) is 6.26. The van der Waals surface area contributed by atoms with E-state index in [4.69, 9.17) is 16.6 Å². The van der Waals surface area contributed by atoms with Gasteiger partial charge in [0.2, 0.25) is 5.91 Å². The number of nitrogens with zero attached hydrogens (tertiary/aromatic N) is 3. The van der Waals surface area contributed by atoms with Crippen molar-refractivity contribution in [2.75, 3.05) is 18.0 Å². The van der Waals surface area contributed by atoms with Crippen molar-refractivity contribution >= 4 is 65.6 Å². The Morgan fingerprint density at radius 1 is 1.11 bits per heavy atom. The molecule has 4 aromatic rings. The summed E-state index contributed by atoms with van der Waals surface area (Å²) < 4.78 is 29.5. The first-order valence-corrected chi connectivity index (χ1v) is 15.2. The second kappa shape index (κ2) is 10.2. The molecule has 0 spiro atoms. The number of thiazole rings is 1. The number of anilines is 1. The Bertz CT molecular complexity index is 1480. The molecular weight excluding hydrogens is 534 g/mol. The fourth-order valence-electron chi connectivity index (χ4n) is 4.44. The van der Waals surface area contributed by atoms with Gasteiger partial charge in [-0.2, -0.15) is 4.31 Å². The van der Waals surface area contributed by atoms with Crippen molar-refractivity contribution in [1.82, 2.24) is 9.29 Å². The lowest BCUT2D eigenvalue weighted by molar-refractivity contribution is -0.123. The van der Waals surface area contributed by atoms with Gasteiger partial charge < -0.3 is 0 Å². The number of halogens is 1. The maximum absolute atomic E-state index is 14.0. The molecule has 1 atom stereocenters. The van der Waals surface area contributed by atoms with Crippen LogP contribution in [0.3, 0.4) is 0 Å². The van der Waals surface area contributed by atoms with E-state index in [1.807, 2.05) is 30.3 Å². The Labute approximate surface area is 224 Å². The minimum Gasteiger partial charge on any atom is -0.283 e. The van der Waals surface area contributed by atoms with Crippen LogP contribution in [0, 0.1) is 19.8 Å². The van der Waals surface area contributed by atoms with Crippen LogP contribution in [-0.2, 0) is 21.4 Å². The van der Waals surface area contributed by atoms with Gasteiger partial charge in [0.05, 0.1) is 27.0 Å². The van der Waals surface area contributed by atoms with Gasteiger partial charge in [-0.1, -0.05) is 53.3 Å². The van der Waals surface area contributed by atoms with Gasteiger partial charge in [-0.15, -0.1) is 11.3 Å². The molecule has 0 aliphatic carbocycles. The van der Waals surface area contributed by atoms with Crippen LogP contribution < -0.4 is 4.90 Å². The fourth-order valence-corrected chi connectivity index (χ4v) is 8.65. The van der Waals surface area contributed by atoms with Crippen molar-refractivity contribution in [2.45, 2.75) is 37.4 Å². The molecule has 1 aliphatic heterocycles. The zero-order chi connectivity index (χ0) is 25.4. The van der Waals surface area contributed by atoms with Gasteiger partial charge in [0.1, 0.15) is 4.21 Å². The molecule has 1 aliphatic rings.